The van der Waals surface area contributed by atoms with Gasteiger partial charge in [-0.2, -0.15) is 0 Å². The first-order chi connectivity index (χ1) is 14.4. The summed E-state index contributed by atoms with van der Waals surface area (Å²) >= 11 is 9.40. The van der Waals surface area contributed by atoms with Gasteiger partial charge in [-0.1, -0.05) is 53.5 Å². The van der Waals surface area contributed by atoms with E-state index in [0.29, 0.717) is 23.1 Å². The number of oxazole rings is 1. The van der Waals surface area contributed by atoms with Gasteiger partial charge in [0.15, 0.2) is 5.58 Å². The molecule has 0 saturated heterocycles. The Morgan fingerprint density at radius 3 is 2.83 bits per heavy atom. The van der Waals surface area contributed by atoms with Gasteiger partial charge in [-0.15, -0.1) is 0 Å². The molecule has 152 valence electrons. The molecular formula is C24H20BrClN2O2. The van der Waals surface area contributed by atoms with Crippen LogP contribution in [0.5, 0.6) is 5.75 Å². The molecule has 4 nitrogen and oxygen atoms in total. The molecule has 0 spiro atoms. The molecular weight excluding hydrogens is 464 g/mol. The molecule has 1 atom stereocenters. The number of halogens is 2. The number of rotatable bonds is 5. The summed E-state index contributed by atoms with van der Waals surface area (Å²) in [6.45, 7) is 4.39. The normalized spacial score (nSPS) is 12.7. The number of aromatic nitrogens is 1. The minimum Gasteiger partial charge on any atom is -0.506 e. The number of aromatic hydroxyl groups is 1. The molecule has 30 heavy (non-hydrogen) atoms. The maximum absolute atomic E-state index is 10.1. The highest BCUT2D eigenvalue weighted by Crippen LogP contribution is 2.32. The second-order valence-electron chi connectivity index (χ2n) is 7.19. The maximum Gasteiger partial charge on any atom is 0.227 e. The van der Waals surface area contributed by atoms with E-state index < -0.39 is 0 Å². The van der Waals surface area contributed by atoms with Gasteiger partial charge < -0.3 is 9.52 Å². The minimum atomic E-state index is -0.00386. The van der Waals surface area contributed by atoms with Crippen LogP contribution in [0.2, 0.25) is 5.02 Å². The number of fused-ring (bicyclic) bond motifs is 1. The van der Waals surface area contributed by atoms with E-state index in [-0.39, 0.29) is 10.8 Å². The quantitative estimate of drug-likeness (QED) is 0.294. The SMILES string of the molecule is CC[C@@H](C)c1ccc2oc(-c3cccc(N=Cc4cc(Br)cc(Cl)c4O)c3)nc2c1. The summed E-state index contributed by atoms with van der Waals surface area (Å²) in [7, 11) is 0. The minimum absolute atomic E-state index is 0.00386. The Morgan fingerprint density at radius 2 is 2.03 bits per heavy atom. The number of aliphatic imine (C=N–C) groups is 1. The van der Waals surface area contributed by atoms with Crippen molar-refractivity contribution in [2.75, 3.05) is 0 Å². The summed E-state index contributed by atoms with van der Waals surface area (Å²) < 4.78 is 6.73. The monoisotopic (exact) mass is 482 g/mol. The molecule has 6 heteroatoms. The van der Waals surface area contributed by atoms with Crippen molar-refractivity contribution in [2.24, 2.45) is 4.99 Å². The molecule has 4 rings (SSSR count). The van der Waals surface area contributed by atoms with Crippen molar-refractivity contribution in [3.05, 3.63) is 75.2 Å². The molecule has 4 aromatic rings. The van der Waals surface area contributed by atoms with Gasteiger partial charge in [0, 0.05) is 21.8 Å². The highest BCUT2D eigenvalue weighted by atomic mass is 79.9. The molecule has 0 fully saturated rings. The van der Waals surface area contributed by atoms with Crippen molar-refractivity contribution in [1.82, 2.24) is 4.98 Å². The zero-order chi connectivity index (χ0) is 21.3. The molecule has 3 aromatic carbocycles. The summed E-state index contributed by atoms with van der Waals surface area (Å²) in [5.74, 6) is 1.03. The van der Waals surface area contributed by atoms with Crippen LogP contribution in [0.25, 0.3) is 22.6 Å². The van der Waals surface area contributed by atoms with Crippen LogP contribution in [0.3, 0.4) is 0 Å². The number of hydrogen-bond acceptors (Lipinski definition) is 4. The third-order valence-electron chi connectivity index (χ3n) is 5.10. The highest BCUT2D eigenvalue weighted by Gasteiger charge is 2.11. The Kier molecular flexibility index (Phi) is 5.93. The second kappa shape index (κ2) is 8.62. The molecule has 0 aliphatic rings. The lowest BCUT2D eigenvalue weighted by molar-refractivity contribution is 0.474. The van der Waals surface area contributed by atoms with Crippen molar-refractivity contribution in [3.63, 3.8) is 0 Å². The van der Waals surface area contributed by atoms with E-state index in [1.165, 1.54) is 5.56 Å². The molecule has 0 unspecified atom stereocenters. The van der Waals surface area contributed by atoms with Crippen molar-refractivity contribution < 1.29 is 9.52 Å². The van der Waals surface area contributed by atoms with E-state index in [2.05, 4.69) is 51.9 Å². The summed E-state index contributed by atoms with van der Waals surface area (Å²) in [6, 6.07) is 17.2. The summed E-state index contributed by atoms with van der Waals surface area (Å²) in [6.07, 6.45) is 2.66. The Hall–Kier alpha value is -2.63. The zero-order valence-electron chi connectivity index (χ0n) is 16.6. The van der Waals surface area contributed by atoms with E-state index in [9.17, 15) is 5.11 Å². The Morgan fingerprint density at radius 1 is 1.20 bits per heavy atom. The molecule has 1 aromatic heterocycles. The van der Waals surface area contributed by atoms with Crippen LogP contribution in [0.1, 0.15) is 37.3 Å². The molecule has 0 bridgehead atoms. The van der Waals surface area contributed by atoms with Gasteiger partial charge in [0.05, 0.1) is 10.7 Å². The third-order valence-corrected chi connectivity index (χ3v) is 5.84. The fraction of sp³-hybridized carbons (Fsp3) is 0.167. The predicted octanol–water partition coefficient (Wildman–Crippen LogP) is 7.88. The van der Waals surface area contributed by atoms with E-state index in [1.54, 1.807) is 18.3 Å². The third kappa shape index (κ3) is 4.27. The van der Waals surface area contributed by atoms with Gasteiger partial charge >= 0.3 is 0 Å². The molecule has 0 aliphatic heterocycles. The lowest BCUT2D eigenvalue weighted by Gasteiger charge is -2.07. The van der Waals surface area contributed by atoms with Gasteiger partial charge in [0.2, 0.25) is 5.89 Å². The van der Waals surface area contributed by atoms with Crippen LogP contribution in [0.15, 0.2) is 68.5 Å². The zero-order valence-corrected chi connectivity index (χ0v) is 18.9. The fourth-order valence-electron chi connectivity index (χ4n) is 3.16. The number of benzene rings is 3. The lowest BCUT2D eigenvalue weighted by atomic mass is 9.98. The van der Waals surface area contributed by atoms with Crippen molar-refractivity contribution in [3.8, 4) is 17.2 Å². The highest BCUT2D eigenvalue weighted by molar-refractivity contribution is 9.10. The number of phenolic OH excluding ortho intramolecular Hbond substituents is 1. The van der Waals surface area contributed by atoms with Gasteiger partial charge in [-0.05, 0) is 60.4 Å². The summed E-state index contributed by atoms with van der Waals surface area (Å²) in [5.41, 5.74) is 4.95. The maximum atomic E-state index is 10.1. The molecule has 0 radical (unpaired) electrons. The van der Waals surface area contributed by atoms with Gasteiger partial charge in [0.25, 0.3) is 0 Å². The first-order valence-corrected chi connectivity index (χ1v) is 10.8. The first kappa shape index (κ1) is 20.6. The topological polar surface area (TPSA) is 58.6 Å². The number of phenols is 1. The van der Waals surface area contributed by atoms with E-state index >= 15 is 0 Å². The Bertz CT molecular complexity index is 1250. The van der Waals surface area contributed by atoms with E-state index in [0.717, 1.165) is 27.6 Å². The summed E-state index contributed by atoms with van der Waals surface area (Å²) in [5, 5.41) is 10.4. The smallest absolute Gasteiger partial charge is 0.227 e. The van der Waals surface area contributed by atoms with E-state index in [1.807, 2.05) is 30.3 Å². The van der Waals surface area contributed by atoms with Crippen molar-refractivity contribution in [2.45, 2.75) is 26.2 Å². The average Bonchev–Trinajstić information content (AvgIpc) is 3.18. The van der Waals surface area contributed by atoms with Crippen LogP contribution >= 0.6 is 27.5 Å². The molecule has 0 saturated carbocycles. The average molecular weight is 484 g/mol. The fourth-order valence-corrected chi connectivity index (χ4v) is 3.99. The van der Waals surface area contributed by atoms with Crippen LogP contribution in [-0.2, 0) is 0 Å². The van der Waals surface area contributed by atoms with Gasteiger partial charge in [-0.3, -0.25) is 4.99 Å². The van der Waals surface area contributed by atoms with Crippen LogP contribution in [0.4, 0.5) is 5.69 Å². The van der Waals surface area contributed by atoms with E-state index in [4.69, 9.17) is 16.0 Å². The lowest BCUT2D eigenvalue weighted by Crippen LogP contribution is -1.90. The number of nitrogens with zero attached hydrogens (tertiary/aromatic N) is 2. The largest absolute Gasteiger partial charge is 0.506 e. The Balaban J connectivity index is 1.65. The van der Waals surface area contributed by atoms with Crippen molar-refractivity contribution in [1.29, 1.82) is 0 Å². The number of hydrogen-bond donors (Lipinski definition) is 1. The van der Waals surface area contributed by atoms with Crippen LogP contribution < -0.4 is 0 Å². The van der Waals surface area contributed by atoms with Crippen molar-refractivity contribution >= 4 is 50.5 Å². The standard InChI is InChI=1S/C24H20BrClN2O2/c1-3-14(2)15-7-8-22-21(11-15)28-24(30-22)16-5-4-6-19(10-16)27-13-17-9-18(25)12-20(26)23(17)29/h4-14,29H,3H2,1-2H3/t14-/m1/s1. The predicted molar refractivity (Wildman–Crippen MR) is 126 cm³/mol. The molecule has 0 amide bonds. The second-order valence-corrected chi connectivity index (χ2v) is 8.51. The Labute approximate surface area is 188 Å². The molecule has 1 heterocycles. The van der Waals surface area contributed by atoms with Crippen LogP contribution in [-0.4, -0.2) is 16.3 Å². The van der Waals surface area contributed by atoms with Gasteiger partial charge in [0.1, 0.15) is 11.3 Å². The van der Waals surface area contributed by atoms with Gasteiger partial charge in [-0.25, -0.2) is 4.98 Å². The first-order valence-electron chi connectivity index (χ1n) is 9.67. The molecule has 0 aliphatic carbocycles. The molecule has 1 N–H and O–H groups in total. The van der Waals surface area contributed by atoms with Crippen LogP contribution in [0, 0.1) is 0 Å². The summed E-state index contributed by atoms with van der Waals surface area (Å²) in [4.78, 5) is 9.15.